The van der Waals surface area contributed by atoms with Crippen molar-refractivity contribution in [2.45, 2.75) is 13.8 Å². The number of halogens is 2. The molecule has 1 amide bonds. The zero-order valence-corrected chi connectivity index (χ0v) is 12.7. The number of carbonyl (C=O) groups excluding carboxylic acids is 1. The zero-order valence-electron chi connectivity index (χ0n) is 11.1. The molecule has 2 aromatic carbocycles. The van der Waals surface area contributed by atoms with E-state index in [0.717, 1.165) is 11.1 Å². The van der Waals surface area contributed by atoms with E-state index in [4.69, 9.17) is 5.73 Å². The molecule has 0 aromatic heterocycles. The molecule has 5 heteroatoms. The van der Waals surface area contributed by atoms with Crippen LogP contribution >= 0.6 is 15.9 Å². The predicted octanol–water partition coefficient (Wildman–Crippen LogP) is 4.04. The van der Waals surface area contributed by atoms with Gasteiger partial charge in [0.1, 0.15) is 5.82 Å². The van der Waals surface area contributed by atoms with E-state index in [9.17, 15) is 9.18 Å². The molecule has 2 aromatic rings. The molecule has 0 aliphatic rings. The second-order valence-electron chi connectivity index (χ2n) is 4.59. The van der Waals surface area contributed by atoms with E-state index in [1.807, 2.05) is 13.8 Å². The van der Waals surface area contributed by atoms with E-state index in [1.54, 1.807) is 18.2 Å². The number of nitrogen functional groups attached to an aromatic ring is 1. The Hall–Kier alpha value is -1.88. The summed E-state index contributed by atoms with van der Waals surface area (Å²) in [7, 11) is 0. The first-order valence-electron chi connectivity index (χ1n) is 6.02. The zero-order chi connectivity index (χ0) is 14.9. The molecule has 0 bridgehead atoms. The summed E-state index contributed by atoms with van der Waals surface area (Å²) in [5.74, 6) is -0.837. The van der Waals surface area contributed by atoms with Crippen LogP contribution < -0.4 is 11.1 Å². The van der Waals surface area contributed by atoms with Crippen LogP contribution in [-0.2, 0) is 0 Å². The molecular formula is C15H14BrFN2O. The van der Waals surface area contributed by atoms with Crippen LogP contribution in [0.25, 0.3) is 0 Å². The number of amides is 1. The van der Waals surface area contributed by atoms with Gasteiger partial charge in [-0.3, -0.25) is 4.79 Å². The highest BCUT2D eigenvalue weighted by atomic mass is 79.9. The number of nitrogens with one attached hydrogen (secondary N) is 1. The fourth-order valence-electron chi connectivity index (χ4n) is 2.05. The Morgan fingerprint density at radius 3 is 2.45 bits per heavy atom. The second-order valence-corrected chi connectivity index (χ2v) is 5.38. The van der Waals surface area contributed by atoms with Crippen molar-refractivity contribution in [3.8, 4) is 0 Å². The van der Waals surface area contributed by atoms with Crippen LogP contribution in [0, 0.1) is 19.7 Å². The number of anilines is 2. The number of aryl methyl sites for hydroxylation is 2. The Kier molecular flexibility index (Phi) is 4.09. The predicted molar refractivity (Wildman–Crippen MR) is 82.4 cm³/mol. The van der Waals surface area contributed by atoms with Crippen molar-refractivity contribution in [3.05, 3.63) is 57.3 Å². The minimum atomic E-state index is -0.469. The Balaban J connectivity index is 2.36. The van der Waals surface area contributed by atoms with E-state index in [2.05, 4.69) is 21.2 Å². The lowest BCUT2D eigenvalue weighted by molar-refractivity contribution is 0.102. The molecule has 0 aliphatic heterocycles. The van der Waals surface area contributed by atoms with Crippen LogP contribution in [-0.4, -0.2) is 5.91 Å². The molecule has 0 spiro atoms. The van der Waals surface area contributed by atoms with Crippen LogP contribution in [0.2, 0.25) is 0 Å². The van der Waals surface area contributed by atoms with Gasteiger partial charge in [0.25, 0.3) is 5.91 Å². The Labute approximate surface area is 125 Å². The number of nitrogens with two attached hydrogens (primary N) is 1. The standard InChI is InChI=1S/C15H14BrFN2O/c1-8-6-10(18)7-9(2)14(8)19-15(20)11-4-3-5-12(17)13(11)16/h3-7H,18H2,1-2H3,(H,19,20). The van der Waals surface area contributed by atoms with Gasteiger partial charge in [0.2, 0.25) is 0 Å². The van der Waals surface area contributed by atoms with Gasteiger partial charge in [-0.25, -0.2) is 4.39 Å². The molecule has 0 aliphatic carbocycles. The van der Waals surface area contributed by atoms with E-state index in [0.29, 0.717) is 11.4 Å². The monoisotopic (exact) mass is 336 g/mol. The average Bonchev–Trinajstić information content (AvgIpc) is 2.36. The Morgan fingerprint density at radius 2 is 1.85 bits per heavy atom. The van der Waals surface area contributed by atoms with Crippen molar-refractivity contribution < 1.29 is 9.18 Å². The van der Waals surface area contributed by atoms with Crippen LogP contribution in [0.15, 0.2) is 34.8 Å². The highest BCUT2D eigenvalue weighted by Crippen LogP contribution is 2.26. The van der Waals surface area contributed by atoms with Gasteiger partial charge >= 0.3 is 0 Å². The summed E-state index contributed by atoms with van der Waals surface area (Å²) >= 11 is 3.09. The van der Waals surface area contributed by atoms with Gasteiger partial charge in [-0.05, 0) is 65.2 Å². The topological polar surface area (TPSA) is 55.1 Å². The summed E-state index contributed by atoms with van der Waals surface area (Å²) in [5, 5.41) is 2.80. The molecule has 0 saturated carbocycles. The highest BCUT2D eigenvalue weighted by molar-refractivity contribution is 9.10. The molecule has 0 saturated heterocycles. The lowest BCUT2D eigenvalue weighted by Crippen LogP contribution is -2.15. The van der Waals surface area contributed by atoms with Gasteiger partial charge in [-0.15, -0.1) is 0 Å². The maximum absolute atomic E-state index is 13.4. The maximum atomic E-state index is 13.4. The van der Waals surface area contributed by atoms with E-state index < -0.39 is 5.82 Å². The fourth-order valence-corrected chi connectivity index (χ4v) is 2.50. The van der Waals surface area contributed by atoms with Gasteiger partial charge in [-0.2, -0.15) is 0 Å². The third-order valence-electron chi connectivity index (χ3n) is 2.99. The summed E-state index contributed by atoms with van der Waals surface area (Å²) in [6, 6.07) is 7.91. The summed E-state index contributed by atoms with van der Waals surface area (Å²) in [6.07, 6.45) is 0. The SMILES string of the molecule is Cc1cc(N)cc(C)c1NC(=O)c1cccc(F)c1Br. The maximum Gasteiger partial charge on any atom is 0.256 e. The average molecular weight is 337 g/mol. The first-order valence-corrected chi connectivity index (χ1v) is 6.81. The fraction of sp³-hybridized carbons (Fsp3) is 0.133. The molecule has 0 heterocycles. The first kappa shape index (κ1) is 14.5. The highest BCUT2D eigenvalue weighted by Gasteiger charge is 2.15. The molecule has 0 unspecified atom stereocenters. The molecule has 3 nitrogen and oxygen atoms in total. The van der Waals surface area contributed by atoms with Gasteiger partial charge in [0.15, 0.2) is 0 Å². The molecule has 20 heavy (non-hydrogen) atoms. The number of carbonyl (C=O) groups is 1. The number of hydrogen-bond donors (Lipinski definition) is 2. The van der Waals surface area contributed by atoms with Gasteiger partial charge in [0.05, 0.1) is 10.0 Å². The van der Waals surface area contributed by atoms with Crippen LogP contribution in [0.4, 0.5) is 15.8 Å². The molecule has 0 atom stereocenters. The van der Waals surface area contributed by atoms with Crippen molar-refractivity contribution in [2.24, 2.45) is 0 Å². The second kappa shape index (κ2) is 5.63. The first-order chi connectivity index (χ1) is 9.40. The summed E-state index contributed by atoms with van der Waals surface area (Å²) in [6.45, 7) is 3.72. The van der Waals surface area contributed by atoms with Crippen molar-refractivity contribution in [1.82, 2.24) is 0 Å². The lowest BCUT2D eigenvalue weighted by atomic mass is 10.1. The molecule has 0 fully saturated rings. The Morgan fingerprint density at radius 1 is 1.25 bits per heavy atom. The molecule has 2 rings (SSSR count). The largest absolute Gasteiger partial charge is 0.399 e. The smallest absolute Gasteiger partial charge is 0.256 e. The minimum Gasteiger partial charge on any atom is -0.399 e. The van der Waals surface area contributed by atoms with E-state index in [1.165, 1.54) is 12.1 Å². The van der Waals surface area contributed by atoms with Crippen LogP contribution in [0.3, 0.4) is 0 Å². The van der Waals surface area contributed by atoms with Crippen molar-refractivity contribution in [1.29, 1.82) is 0 Å². The van der Waals surface area contributed by atoms with Crippen LogP contribution in [0.5, 0.6) is 0 Å². The number of hydrogen-bond acceptors (Lipinski definition) is 2. The van der Waals surface area contributed by atoms with Crippen molar-refractivity contribution in [3.63, 3.8) is 0 Å². The van der Waals surface area contributed by atoms with Crippen molar-refractivity contribution in [2.75, 3.05) is 11.1 Å². The normalized spacial score (nSPS) is 10.4. The third-order valence-corrected chi connectivity index (χ3v) is 3.80. The molecule has 104 valence electrons. The van der Waals surface area contributed by atoms with Crippen LogP contribution in [0.1, 0.15) is 21.5 Å². The molecule has 0 radical (unpaired) electrons. The summed E-state index contributed by atoms with van der Waals surface area (Å²) in [5.41, 5.74) is 9.06. The number of rotatable bonds is 2. The van der Waals surface area contributed by atoms with Crippen molar-refractivity contribution >= 4 is 33.2 Å². The van der Waals surface area contributed by atoms with E-state index >= 15 is 0 Å². The minimum absolute atomic E-state index is 0.156. The lowest BCUT2D eigenvalue weighted by Gasteiger charge is -2.13. The Bertz CT molecular complexity index is 663. The summed E-state index contributed by atoms with van der Waals surface area (Å²) < 4.78 is 13.6. The van der Waals surface area contributed by atoms with Gasteiger partial charge < -0.3 is 11.1 Å². The van der Waals surface area contributed by atoms with E-state index in [-0.39, 0.29) is 15.9 Å². The number of benzene rings is 2. The quantitative estimate of drug-likeness (QED) is 0.813. The molecule has 3 N–H and O–H groups in total. The third kappa shape index (κ3) is 2.82. The molecular weight excluding hydrogens is 323 g/mol. The summed E-state index contributed by atoms with van der Waals surface area (Å²) in [4.78, 5) is 12.2. The van der Waals surface area contributed by atoms with Gasteiger partial charge in [0, 0.05) is 11.4 Å². The van der Waals surface area contributed by atoms with Gasteiger partial charge in [-0.1, -0.05) is 6.07 Å².